The highest BCUT2D eigenvalue weighted by molar-refractivity contribution is 5.87. The van der Waals surface area contributed by atoms with Crippen molar-refractivity contribution < 1.29 is 14.7 Å². The maximum atomic E-state index is 11.8. The second kappa shape index (κ2) is 6.55. The number of hydrogen-bond acceptors (Lipinski definition) is 2. The molecule has 1 aliphatic heterocycles. The van der Waals surface area contributed by atoms with Crippen LogP contribution in [0.4, 0.5) is 0 Å². The molecule has 0 spiro atoms. The molecule has 0 saturated carbocycles. The molecule has 1 aromatic rings. The van der Waals surface area contributed by atoms with E-state index in [-0.39, 0.29) is 5.91 Å². The van der Waals surface area contributed by atoms with Gasteiger partial charge in [-0.15, -0.1) is 0 Å². The van der Waals surface area contributed by atoms with Crippen LogP contribution in [0.1, 0.15) is 48.5 Å². The van der Waals surface area contributed by atoms with Crippen molar-refractivity contribution in [2.75, 3.05) is 6.54 Å². The molecule has 20 heavy (non-hydrogen) atoms. The molecule has 0 aromatic heterocycles. The predicted molar refractivity (Wildman–Crippen MR) is 76.7 cm³/mol. The number of carboxylic acid groups (broad SMARTS) is 1. The number of aromatic carboxylic acids is 1. The summed E-state index contributed by atoms with van der Waals surface area (Å²) in [5, 5.41) is 8.86. The monoisotopic (exact) mass is 275 g/mol. The number of amides is 1. The molecular formula is C16H21NO3. The second-order valence-electron chi connectivity index (χ2n) is 5.28. The van der Waals surface area contributed by atoms with Crippen molar-refractivity contribution >= 4 is 11.9 Å². The number of benzene rings is 1. The predicted octanol–water partition coefficient (Wildman–Crippen LogP) is 2.72. The Hall–Kier alpha value is -1.84. The number of hydrogen-bond donors (Lipinski definition) is 1. The SMILES string of the molecule is CCC(=O)N1CCCC1CCc1ccc(C(=O)O)cc1. The minimum Gasteiger partial charge on any atom is -0.478 e. The first-order valence-electron chi connectivity index (χ1n) is 7.23. The maximum Gasteiger partial charge on any atom is 0.335 e. The molecule has 4 nitrogen and oxygen atoms in total. The van der Waals surface area contributed by atoms with E-state index in [0.29, 0.717) is 18.0 Å². The van der Waals surface area contributed by atoms with E-state index >= 15 is 0 Å². The zero-order valence-electron chi connectivity index (χ0n) is 11.8. The summed E-state index contributed by atoms with van der Waals surface area (Å²) in [6, 6.07) is 7.36. The molecule has 0 aliphatic carbocycles. The summed E-state index contributed by atoms with van der Waals surface area (Å²) in [6.45, 7) is 2.79. The van der Waals surface area contributed by atoms with Crippen LogP contribution < -0.4 is 0 Å². The summed E-state index contributed by atoms with van der Waals surface area (Å²) >= 11 is 0. The van der Waals surface area contributed by atoms with E-state index in [0.717, 1.165) is 37.8 Å². The Kier molecular flexibility index (Phi) is 4.77. The number of carbonyl (C=O) groups is 2. The van der Waals surface area contributed by atoms with E-state index < -0.39 is 5.97 Å². The van der Waals surface area contributed by atoms with E-state index in [2.05, 4.69) is 0 Å². The molecule has 1 unspecified atom stereocenters. The van der Waals surface area contributed by atoms with Gasteiger partial charge in [-0.2, -0.15) is 0 Å². The molecule has 0 radical (unpaired) electrons. The van der Waals surface area contributed by atoms with Crippen LogP contribution in [0.15, 0.2) is 24.3 Å². The highest BCUT2D eigenvalue weighted by Crippen LogP contribution is 2.22. The van der Waals surface area contributed by atoms with Crippen molar-refractivity contribution in [2.24, 2.45) is 0 Å². The number of nitrogens with zero attached hydrogens (tertiary/aromatic N) is 1. The summed E-state index contributed by atoms with van der Waals surface area (Å²) in [5.74, 6) is -0.652. The van der Waals surface area contributed by atoms with E-state index in [1.54, 1.807) is 12.1 Å². The standard InChI is InChI=1S/C16H21NO3/c1-2-15(18)17-11-3-4-14(17)10-7-12-5-8-13(9-6-12)16(19)20/h5-6,8-9,14H,2-4,7,10-11H2,1H3,(H,19,20). The fourth-order valence-corrected chi connectivity index (χ4v) is 2.81. The van der Waals surface area contributed by atoms with Crippen LogP contribution in [-0.2, 0) is 11.2 Å². The molecule has 1 amide bonds. The van der Waals surface area contributed by atoms with Crippen LogP contribution >= 0.6 is 0 Å². The average Bonchev–Trinajstić information content (AvgIpc) is 2.93. The quantitative estimate of drug-likeness (QED) is 0.899. The van der Waals surface area contributed by atoms with Crippen LogP contribution in [0.3, 0.4) is 0 Å². The normalized spacial score (nSPS) is 18.2. The summed E-state index contributed by atoms with van der Waals surface area (Å²) in [7, 11) is 0. The topological polar surface area (TPSA) is 57.6 Å². The third-order valence-electron chi connectivity index (χ3n) is 3.97. The van der Waals surface area contributed by atoms with E-state index in [1.165, 1.54) is 0 Å². The van der Waals surface area contributed by atoms with Crippen molar-refractivity contribution in [3.05, 3.63) is 35.4 Å². The van der Waals surface area contributed by atoms with Crippen molar-refractivity contribution in [1.29, 1.82) is 0 Å². The van der Waals surface area contributed by atoms with E-state index in [4.69, 9.17) is 5.11 Å². The molecule has 1 fully saturated rings. The lowest BCUT2D eigenvalue weighted by molar-refractivity contribution is -0.131. The van der Waals surface area contributed by atoms with Gasteiger partial charge in [0.1, 0.15) is 0 Å². The first-order chi connectivity index (χ1) is 9.61. The van der Waals surface area contributed by atoms with Gasteiger partial charge in [-0.05, 0) is 43.4 Å². The van der Waals surface area contributed by atoms with Crippen LogP contribution in [0.25, 0.3) is 0 Å². The lowest BCUT2D eigenvalue weighted by Crippen LogP contribution is -2.35. The number of carboxylic acids is 1. The first-order valence-corrected chi connectivity index (χ1v) is 7.23. The van der Waals surface area contributed by atoms with Gasteiger partial charge in [0.15, 0.2) is 0 Å². The molecule has 4 heteroatoms. The minimum atomic E-state index is -0.896. The minimum absolute atomic E-state index is 0.244. The van der Waals surface area contributed by atoms with Gasteiger partial charge in [-0.3, -0.25) is 4.79 Å². The van der Waals surface area contributed by atoms with E-state index in [9.17, 15) is 9.59 Å². The van der Waals surface area contributed by atoms with Crippen molar-refractivity contribution in [1.82, 2.24) is 4.90 Å². The van der Waals surface area contributed by atoms with Crippen molar-refractivity contribution in [2.45, 2.75) is 45.1 Å². The van der Waals surface area contributed by atoms with Crippen molar-refractivity contribution in [3.8, 4) is 0 Å². The Balaban J connectivity index is 1.91. The van der Waals surface area contributed by atoms with E-state index in [1.807, 2.05) is 24.0 Å². The summed E-state index contributed by atoms with van der Waals surface area (Å²) in [6.07, 6.45) is 4.59. The Morgan fingerprint density at radius 3 is 2.60 bits per heavy atom. The maximum absolute atomic E-state index is 11.8. The second-order valence-corrected chi connectivity index (χ2v) is 5.28. The number of carbonyl (C=O) groups excluding carboxylic acids is 1. The smallest absolute Gasteiger partial charge is 0.335 e. The Morgan fingerprint density at radius 1 is 1.30 bits per heavy atom. The zero-order chi connectivity index (χ0) is 14.5. The van der Waals surface area contributed by atoms with Crippen molar-refractivity contribution in [3.63, 3.8) is 0 Å². The fraction of sp³-hybridized carbons (Fsp3) is 0.500. The van der Waals surface area contributed by atoms with Gasteiger partial charge in [0, 0.05) is 19.0 Å². The molecule has 1 saturated heterocycles. The Morgan fingerprint density at radius 2 is 2.00 bits per heavy atom. The zero-order valence-corrected chi connectivity index (χ0v) is 11.8. The number of aryl methyl sites for hydroxylation is 1. The largest absolute Gasteiger partial charge is 0.478 e. The molecule has 0 bridgehead atoms. The molecule has 108 valence electrons. The van der Waals surface area contributed by atoms with Gasteiger partial charge < -0.3 is 10.0 Å². The molecule has 1 aromatic carbocycles. The number of rotatable bonds is 5. The van der Waals surface area contributed by atoms with Gasteiger partial charge >= 0.3 is 5.97 Å². The highest BCUT2D eigenvalue weighted by Gasteiger charge is 2.27. The lowest BCUT2D eigenvalue weighted by Gasteiger charge is -2.24. The molecule has 1 N–H and O–H groups in total. The summed E-state index contributed by atoms with van der Waals surface area (Å²) in [4.78, 5) is 24.6. The van der Waals surface area contributed by atoms with Crippen LogP contribution in [0.2, 0.25) is 0 Å². The summed E-state index contributed by atoms with van der Waals surface area (Å²) in [5.41, 5.74) is 1.45. The van der Waals surface area contributed by atoms with Gasteiger partial charge in [0.2, 0.25) is 5.91 Å². The molecular weight excluding hydrogens is 254 g/mol. The van der Waals surface area contributed by atoms with Gasteiger partial charge in [0.05, 0.1) is 5.56 Å². The van der Waals surface area contributed by atoms with Crippen LogP contribution in [0.5, 0.6) is 0 Å². The third kappa shape index (κ3) is 3.38. The third-order valence-corrected chi connectivity index (χ3v) is 3.97. The number of likely N-dealkylation sites (tertiary alicyclic amines) is 1. The molecule has 1 aliphatic rings. The van der Waals surface area contributed by atoms with Gasteiger partial charge in [-0.1, -0.05) is 19.1 Å². The first kappa shape index (κ1) is 14.6. The summed E-state index contributed by atoms with van der Waals surface area (Å²) < 4.78 is 0. The van der Waals surface area contributed by atoms with Gasteiger partial charge in [0.25, 0.3) is 0 Å². The fourth-order valence-electron chi connectivity index (χ4n) is 2.81. The molecule has 2 rings (SSSR count). The van der Waals surface area contributed by atoms with Gasteiger partial charge in [-0.25, -0.2) is 4.79 Å². The average molecular weight is 275 g/mol. The van der Waals surface area contributed by atoms with Crippen LogP contribution in [0, 0.1) is 0 Å². The molecule has 1 atom stereocenters. The lowest BCUT2D eigenvalue weighted by atomic mass is 10.0. The highest BCUT2D eigenvalue weighted by atomic mass is 16.4. The van der Waals surface area contributed by atoms with Crippen LogP contribution in [-0.4, -0.2) is 34.5 Å². The Labute approximate surface area is 119 Å². The molecule has 1 heterocycles. The Bertz CT molecular complexity index is 481.